The molecule has 0 aliphatic heterocycles. The molecule has 0 saturated heterocycles. The van der Waals surface area contributed by atoms with Crippen LogP contribution in [0.3, 0.4) is 0 Å². The van der Waals surface area contributed by atoms with E-state index in [-0.39, 0.29) is 5.91 Å². The number of nitrogens with one attached hydrogen (secondary N) is 2. The second-order valence-electron chi connectivity index (χ2n) is 7.29. The van der Waals surface area contributed by atoms with Gasteiger partial charge in [0.05, 0.1) is 0 Å². The van der Waals surface area contributed by atoms with Gasteiger partial charge in [-0.2, -0.15) is 0 Å². The van der Waals surface area contributed by atoms with Crippen LogP contribution in [0.15, 0.2) is 91.0 Å². The molecule has 0 atom stereocenters. The number of hydrogen-bond acceptors (Lipinski definition) is 2. The van der Waals surface area contributed by atoms with Crippen LogP contribution in [0, 0.1) is 0 Å². The van der Waals surface area contributed by atoms with Gasteiger partial charge in [-0.1, -0.05) is 105 Å². The van der Waals surface area contributed by atoms with Crippen LogP contribution in [-0.2, 0) is 10.3 Å². The number of para-hydroxylation sites is 1. The van der Waals surface area contributed by atoms with Gasteiger partial charge in [-0.25, -0.2) is 0 Å². The number of unbranched alkanes of at least 4 members (excludes halogenated alkanes) is 3. The van der Waals surface area contributed by atoms with Crippen molar-refractivity contribution in [3.05, 3.63) is 102 Å². The van der Waals surface area contributed by atoms with Crippen molar-refractivity contribution in [2.24, 2.45) is 0 Å². The Morgan fingerprint density at radius 2 is 1.24 bits per heavy atom. The van der Waals surface area contributed by atoms with Crippen molar-refractivity contribution in [2.45, 2.75) is 38.1 Å². The van der Waals surface area contributed by atoms with Crippen LogP contribution in [-0.4, -0.2) is 12.5 Å². The van der Waals surface area contributed by atoms with Gasteiger partial charge < -0.3 is 10.6 Å². The fraction of sp³-hybridized carbons (Fsp3) is 0.269. The number of amides is 1. The molecule has 3 aromatic rings. The van der Waals surface area contributed by atoms with Crippen LogP contribution >= 0.6 is 0 Å². The van der Waals surface area contributed by atoms with Gasteiger partial charge in [0.25, 0.3) is 5.91 Å². The topological polar surface area (TPSA) is 41.1 Å². The summed E-state index contributed by atoms with van der Waals surface area (Å²) in [5, 5.41) is 6.76. The van der Waals surface area contributed by atoms with Crippen LogP contribution < -0.4 is 10.6 Å². The molecule has 3 aromatic carbocycles. The Morgan fingerprint density at radius 1 is 0.724 bits per heavy atom. The van der Waals surface area contributed by atoms with E-state index in [2.05, 4.69) is 17.6 Å². The number of benzene rings is 3. The molecule has 0 spiro atoms. The summed E-state index contributed by atoms with van der Waals surface area (Å²) in [6, 6.07) is 29.9. The summed E-state index contributed by atoms with van der Waals surface area (Å²) in [6.45, 7) is 2.87. The highest BCUT2D eigenvalue weighted by Crippen LogP contribution is 2.34. The van der Waals surface area contributed by atoms with E-state index in [1.165, 1.54) is 12.8 Å². The van der Waals surface area contributed by atoms with E-state index < -0.39 is 5.54 Å². The summed E-state index contributed by atoms with van der Waals surface area (Å²) in [7, 11) is 0. The first-order valence-electron chi connectivity index (χ1n) is 10.5. The molecule has 0 radical (unpaired) electrons. The lowest BCUT2D eigenvalue weighted by atomic mass is 9.81. The van der Waals surface area contributed by atoms with Crippen LogP contribution in [0.1, 0.15) is 43.7 Å². The Morgan fingerprint density at radius 3 is 1.76 bits per heavy atom. The standard InChI is InChI=1S/C26H30N2O/c1-2-3-4-14-21-27-25(29)26(22-15-8-5-9-16-22,23-17-10-6-11-18-23)28-24-19-12-7-13-20-24/h5-13,15-20,28H,2-4,14,21H2,1H3,(H,27,29). The first-order valence-corrected chi connectivity index (χ1v) is 10.5. The maximum atomic E-state index is 13.7. The highest BCUT2D eigenvalue weighted by Gasteiger charge is 2.42. The number of carbonyl (C=O) groups is 1. The molecule has 29 heavy (non-hydrogen) atoms. The SMILES string of the molecule is CCCCCCNC(=O)C(Nc1ccccc1)(c1ccccc1)c1ccccc1. The third kappa shape index (κ3) is 5.05. The molecule has 0 fully saturated rings. The summed E-state index contributed by atoms with van der Waals surface area (Å²) >= 11 is 0. The molecule has 3 nitrogen and oxygen atoms in total. The van der Waals surface area contributed by atoms with Crippen LogP contribution in [0.2, 0.25) is 0 Å². The predicted octanol–water partition coefficient (Wildman–Crippen LogP) is 5.74. The van der Waals surface area contributed by atoms with E-state index in [4.69, 9.17) is 0 Å². The van der Waals surface area contributed by atoms with E-state index in [9.17, 15) is 4.79 Å². The van der Waals surface area contributed by atoms with Gasteiger partial charge in [-0.3, -0.25) is 4.79 Å². The summed E-state index contributed by atoms with van der Waals surface area (Å²) in [5.41, 5.74) is 1.73. The van der Waals surface area contributed by atoms with Gasteiger partial charge >= 0.3 is 0 Å². The Bertz CT molecular complexity index is 823. The maximum Gasteiger partial charge on any atom is 0.255 e. The zero-order valence-electron chi connectivity index (χ0n) is 17.1. The average Bonchev–Trinajstić information content (AvgIpc) is 2.79. The minimum Gasteiger partial charge on any atom is -0.364 e. The van der Waals surface area contributed by atoms with Gasteiger partial charge in [0.2, 0.25) is 0 Å². The molecule has 0 bridgehead atoms. The monoisotopic (exact) mass is 386 g/mol. The largest absolute Gasteiger partial charge is 0.364 e. The smallest absolute Gasteiger partial charge is 0.255 e. The fourth-order valence-corrected chi connectivity index (χ4v) is 3.63. The molecular weight excluding hydrogens is 356 g/mol. The second-order valence-corrected chi connectivity index (χ2v) is 7.29. The zero-order chi connectivity index (χ0) is 20.4. The van der Waals surface area contributed by atoms with Crippen molar-refractivity contribution in [3.8, 4) is 0 Å². The molecule has 0 saturated carbocycles. The van der Waals surface area contributed by atoms with Crippen LogP contribution in [0.5, 0.6) is 0 Å². The van der Waals surface area contributed by atoms with E-state index in [0.29, 0.717) is 6.54 Å². The average molecular weight is 387 g/mol. The Kier molecular flexibility index (Phi) is 7.46. The molecule has 1 amide bonds. The van der Waals surface area contributed by atoms with Crippen molar-refractivity contribution in [1.82, 2.24) is 5.32 Å². The third-order valence-corrected chi connectivity index (χ3v) is 5.18. The lowest BCUT2D eigenvalue weighted by Crippen LogP contribution is -2.51. The highest BCUT2D eigenvalue weighted by atomic mass is 16.2. The third-order valence-electron chi connectivity index (χ3n) is 5.18. The predicted molar refractivity (Wildman–Crippen MR) is 121 cm³/mol. The first-order chi connectivity index (χ1) is 14.3. The maximum absolute atomic E-state index is 13.7. The van der Waals surface area contributed by atoms with Crippen LogP contribution in [0.4, 0.5) is 5.69 Å². The summed E-state index contributed by atoms with van der Waals surface area (Å²) in [6.07, 6.45) is 4.50. The highest BCUT2D eigenvalue weighted by molar-refractivity contribution is 5.94. The zero-order valence-corrected chi connectivity index (χ0v) is 17.1. The van der Waals surface area contributed by atoms with Crippen molar-refractivity contribution in [3.63, 3.8) is 0 Å². The fourth-order valence-electron chi connectivity index (χ4n) is 3.63. The summed E-state index contributed by atoms with van der Waals surface area (Å²) in [4.78, 5) is 13.7. The van der Waals surface area contributed by atoms with Crippen molar-refractivity contribution < 1.29 is 4.79 Å². The molecule has 0 aliphatic rings. The quantitative estimate of drug-likeness (QED) is 0.436. The molecule has 0 aliphatic carbocycles. The molecule has 2 N–H and O–H groups in total. The lowest BCUT2D eigenvalue weighted by Gasteiger charge is -2.35. The van der Waals surface area contributed by atoms with Gasteiger partial charge in [-0.15, -0.1) is 0 Å². The van der Waals surface area contributed by atoms with Gasteiger partial charge in [0.1, 0.15) is 0 Å². The number of anilines is 1. The first kappa shape index (κ1) is 20.7. The normalized spacial score (nSPS) is 11.1. The molecule has 0 aromatic heterocycles. The van der Waals surface area contributed by atoms with Crippen molar-refractivity contribution >= 4 is 11.6 Å². The van der Waals surface area contributed by atoms with E-state index in [0.717, 1.165) is 29.7 Å². The molecule has 0 unspecified atom stereocenters. The summed E-state index contributed by atoms with van der Waals surface area (Å²) < 4.78 is 0. The molecule has 150 valence electrons. The molecule has 3 heteroatoms. The number of hydrogen-bond donors (Lipinski definition) is 2. The van der Waals surface area contributed by atoms with Gasteiger partial charge in [-0.05, 0) is 29.7 Å². The Hall–Kier alpha value is -3.07. The molecule has 3 rings (SSSR count). The summed E-state index contributed by atoms with van der Waals surface area (Å²) in [5.74, 6) is -0.0322. The lowest BCUT2D eigenvalue weighted by molar-refractivity contribution is -0.124. The molecule has 0 heterocycles. The van der Waals surface area contributed by atoms with Crippen molar-refractivity contribution in [1.29, 1.82) is 0 Å². The number of rotatable bonds is 10. The van der Waals surface area contributed by atoms with Gasteiger partial charge in [0.15, 0.2) is 5.54 Å². The van der Waals surface area contributed by atoms with Gasteiger partial charge in [0, 0.05) is 12.2 Å². The molecular formula is C26H30N2O. The Labute approximate surface area is 174 Å². The van der Waals surface area contributed by atoms with Crippen molar-refractivity contribution in [2.75, 3.05) is 11.9 Å². The minimum absolute atomic E-state index is 0.0322. The Balaban J connectivity index is 2.01. The van der Waals surface area contributed by atoms with E-state index in [1.54, 1.807) is 0 Å². The van der Waals surface area contributed by atoms with Crippen LogP contribution in [0.25, 0.3) is 0 Å². The minimum atomic E-state index is -1.01. The second kappa shape index (κ2) is 10.5. The van der Waals surface area contributed by atoms with E-state index >= 15 is 0 Å². The van der Waals surface area contributed by atoms with E-state index in [1.807, 2.05) is 91.0 Å². The number of carbonyl (C=O) groups excluding carboxylic acids is 1.